The normalized spacial score (nSPS) is 22.0. The molecule has 2 aliphatic heterocycles. The number of imidazole rings is 1. The Balaban J connectivity index is 1.19. The summed E-state index contributed by atoms with van der Waals surface area (Å²) in [6.45, 7) is 4.82. The van der Waals surface area contributed by atoms with Crippen LogP contribution in [0.15, 0.2) is 97.3 Å². The Morgan fingerprint density at radius 2 is 1.59 bits per heavy atom. The smallest absolute Gasteiger partial charge is 0.289 e. The molecule has 4 heterocycles. The van der Waals surface area contributed by atoms with Gasteiger partial charge in [0.15, 0.2) is 29.3 Å². The average molecular weight is 691 g/mol. The van der Waals surface area contributed by atoms with E-state index in [9.17, 15) is 19.8 Å². The number of nitrogens with zero attached hydrogens (tertiary/aromatic N) is 5. The highest BCUT2D eigenvalue weighted by atomic mass is 16.6. The summed E-state index contributed by atoms with van der Waals surface area (Å²) < 4.78 is 7.34. The van der Waals surface area contributed by atoms with E-state index in [-0.39, 0.29) is 23.4 Å². The van der Waals surface area contributed by atoms with Gasteiger partial charge in [0.05, 0.1) is 6.33 Å². The number of ether oxygens (including phenoxy) is 1. The van der Waals surface area contributed by atoms with Gasteiger partial charge in [0, 0.05) is 44.7 Å². The number of carbonyl (C=O) groups excluding carboxylic acids is 2. The van der Waals surface area contributed by atoms with Gasteiger partial charge in [-0.3, -0.25) is 19.1 Å². The molecule has 5 aromatic rings. The van der Waals surface area contributed by atoms with E-state index in [1.807, 2.05) is 54.6 Å². The molecule has 264 valence electrons. The number of aromatic nitrogens is 4. The highest BCUT2D eigenvalue weighted by Gasteiger charge is 2.47. The molecule has 2 aromatic heterocycles. The first-order valence-electron chi connectivity index (χ1n) is 17.3. The molecule has 5 N–H and O–H groups in total. The lowest BCUT2D eigenvalue weighted by Gasteiger charge is -2.20. The molecule has 0 aliphatic carbocycles. The van der Waals surface area contributed by atoms with Crippen molar-refractivity contribution in [2.45, 2.75) is 56.4 Å². The van der Waals surface area contributed by atoms with Crippen molar-refractivity contribution in [3.05, 3.63) is 120 Å². The minimum Gasteiger partial charge on any atom is -0.387 e. The van der Waals surface area contributed by atoms with Crippen molar-refractivity contribution in [2.24, 2.45) is 0 Å². The third kappa shape index (κ3) is 7.47. The fourth-order valence-corrected chi connectivity index (χ4v) is 6.89. The van der Waals surface area contributed by atoms with Gasteiger partial charge in [0.2, 0.25) is 5.82 Å². The lowest BCUT2D eigenvalue weighted by Crippen LogP contribution is -2.42. The van der Waals surface area contributed by atoms with Crippen LogP contribution in [0.25, 0.3) is 11.2 Å². The van der Waals surface area contributed by atoms with Gasteiger partial charge in [-0.15, -0.1) is 0 Å². The zero-order valence-electron chi connectivity index (χ0n) is 28.3. The summed E-state index contributed by atoms with van der Waals surface area (Å²) in [6.07, 6.45) is -3.26. The summed E-state index contributed by atoms with van der Waals surface area (Å²) in [5.74, 6) is -0.809. The SMILES string of the molecule is CCNC(=O)[C@H]1O[C@@H](n2cnc3c(NCC(c4ccccc4)c4ccccc4)nc(C(=O)N[C@H]4CCN(Cc5ccccc5)C4)nc32)[C@H](O)[C@@H]1O. The first kappa shape index (κ1) is 34.2. The minimum atomic E-state index is -1.49. The van der Waals surface area contributed by atoms with Crippen LogP contribution in [0, 0.1) is 0 Å². The molecule has 2 aliphatic rings. The van der Waals surface area contributed by atoms with E-state index in [0.29, 0.717) is 31.0 Å². The predicted octanol–water partition coefficient (Wildman–Crippen LogP) is 2.83. The van der Waals surface area contributed by atoms with Gasteiger partial charge in [0.1, 0.15) is 12.2 Å². The lowest BCUT2D eigenvalue weighted by molar-refractivity contribution is -0.137. The third-order valence-corrected chi connectivity index (χ3v) is 9.48. The summed E-state index contributed by atoms with van der Waals surface area (Å²) in [6, 6.07) is 30.3. The summed E-state index contributed by atoms with van der Waals surface area (Å²) in [7, 11) is 0. The van der Waals surface area contributed by atoms with Crippen molar-refractivity contribution in [3.8, 4) is 0 Å². The van der Waals surface area contributed by atoms with Crippen molar-refractivity contribution in [1.82, 2.24) is 35.1 Å². The van der Waals surface area contributed by atoms with E-state index < -0.39 is 36.4 Å². The number of nitrogens with one attached hydrogen (secondary N) is 3. The Morgan fingerprint density at radius 3 is 2.25 bits per heavy atom. The van der Waals surface area contributed by atoms with Crippen LogP contribution >= 0.6 is 0 Å². The molecule has 2 saturated heterocycles. The maximum Gasteiger partial charge on any atom is 0.289 e. The van der Waals surface area contributed by atoms with Crippen LogP contribution in [-0.4, -0.2) is 97.0 Å². The fraction of sp³-hybridized carbons (Fsp3) is 0.342. The number of aliphatic hydroxyl groups is 2. The number of benzene rings is 3. The molecule has 13 nitrogen and oxygen atoms in total. The first-order valence-corrected chi connectivity index (χ1v) is 17.3. The summed E-state index contributed by atoms with van der Waals surface area (Å²) in [5.41, 5.74) is 3.95. The molecule has 3 aromatic carbocycles. The number of hydrogen-bond acceptors (Lipinski definition) is 10. The first-order chi connectivity index (χ1) is 24.9. The van der Waals surface area contributed by atoms with Crippen molar-refractivity contribution >= 4 is 28.8 Å². The number of aliphatic hydroxyl groups excluding tert-OH is 2. The summed E-state index contributed by atoms with van der Waals surface area (Å²) in [4.78, 5) is 42.7. The highest BCUT2D eigenvalue weighted by molar-refractivity contribution is 5.94. The molecular formula is C38H42N8O5. The van der Waals surface area contributed by atoms with Crippen LogP contribution in [-0.2, 0) is 16.1 Å². The molecule has 2 fully saturated rings. The van der Waals surface area contributed by atoms with E-state index in [1.54, 1.807) is 6.92 Å². The monoisotopic (exact) mass is 690 g/mol. The second kappa shape index (κ2) is 15.4. The van der Waals surface area contributed by atoms with Crippen LogP contribution in [0.1, 0.15) is 52.8 Å². The van der Waals surface area contributed by atoms with Crippen molar-refractivity contribution in [3.63, 3.8) is 0 Å². The largest absolute Gasteiger partial charge is 0.387 e. The molecule has 2 amide bonds. The van der Waals surface area contributed by atoms with Gasteiger partial charge in [-0.25, -0.2) is 15.0 Å². The van der Waals surface area contributed by atoms with Gasteiger partial charge in [-0.1, -0.05) is 91.0 Å². The van der Waals surface area contributed by atoms with E-state index in [1.165, 1.54) is 16.5 Å². The number of rotatable bonds is 12. The minimum absolute atomic E-state index is 0.0566. The number of hydrogen-bond donors (Lipinski definition) is 5. The third-order valence-electron chi connectivity index (χ3n) is 9.48. The van der Waals surface area contributed by atoms with Crippen LogP contribution in [0.5, 0.6) is 0 Å². The van der Waals surface area contributed by atoms with Crippen molar-refractivity contribution < 1.29 is 24.5 Å². The number of amides is 2. The van der Waals surface area contributed by atoms with Crippen LogP contribution in [0.3, 0.4) is 0 Å². The van der Waals surface area contributed by atoms with Crippen molar-refractivity contribution in [1.29, 1.82) is 0 Å². The standard InChI is InChI=1S/C38H42N8O5/c1-2-39-36(49)32-30(47)31(48)38(51-32)46-23-41-29-33(40-20-28(25-14-8-4-9-15-25)26-16-10-5-11-17-26)43-34(44-35(29)46)37(50)42-27-18-19-45(22-27)21-24-12-6-3-7-13-24/h3-17,23,27-28,30-32,38,47-48H,2,18-22H2,1H3,(H,39,49)(H,42,50)(H,40,43,44)/t27-,30-,31+,32-,38+/m0/s1. The molecular weight excluding hydrogens is 648 g/mol. The molecule has 0 unspecified atom stereocenters. The Hall–Kier alpha value is -5.21. The highest BCUT2D eigenvalue weighted by Crippen LogP contribution is 2.33. The second-order valence-electron chi connectivity index (χ2n) is 13.0. The van der Waals surface area contributed by atoms with Crippen LogP contribution in [0.2, 0.25) is 0 Å². The second-order valence-corrected chi connectivity index (χ2v) is 13.0. The molecule has 0 bridgehead atoms. The molecule has 5 atom stereocenters. The van der Waals surface area contributed by atoms with E-state index in [4.69, 9.17) is 4.74 Å². The zero-order chi connectivity index (χ0) is 35.3. The number of carbonyl (C=O) groups is 2. The topological polar surface area (TPSA) is 167 Å². The van der Waals surface area contributed by atoms with E-state index >= 15 is 0 Å². The fourth-order valence-electron chi connectivity index (χ4n) is 6.89. The zero-order valence-corrected chi connectivity index (χ0v) is 28.3. The maximum absolute atomic E-state index is 13.8. The lowest BCUT2D eigenvalue weighted by atomic mass is 9.91. The van der Waals surface area contributed by atoms with E-state index in [0.717, 1.165) is 30.6 Å². The Kier molecular flexibility index (Phi) is 10.3. The summed E-state index contributed by atoms with van der Waals surface area (Å²) in [5, 5.41) is 31.0. The number of likely N-dealkylation sites (N-methyl/N-ethyl adjacent to an activating group) is 1. The Bertz CT molecular complexity index is 1900. The Labute approximate surface area is 295 Å². The maximum atomic E-state index is 13.8. The van der Waals surface area contributed by atoms with Gasteiger partial charge in [-0.2, -0.15) is 0 Å². The average Bonchev–Trinajstić information content (AvgIpc) is 3.87. The summed E-state index contributed by atoms with van der Waals surface area (Å²) >= 11 is 0. The van der Waals surface area contributed by atoms with Crippen LogP contribution in [0.4, 0.5) is 5.82 Å². The van der Waals surface area contributed by atoms with Gasteiger partial charge >= 0.3 is 0 Å². The predicted molar refractivity (Wildman–Crippen MR) is 191 cm³/mol. The molecule has 7 rings (SSSR count). The molecule has 0 saturated carbocycles. The van der Waals surface area contributed by atoms with Crippen molar-refractivity contribution in [2.75, 3.05) is 31.5 Å². The molecule has 13 heteroatoms. The quantitative estimate of drug-likeness (QED) is 0.131. The molecule has 51 heavy (non-hydrogen) atoms. The number of likely N-dealkylation sites (tertiary alicyclic amines) is 1. The number of fused-ring (bicyclic) bond motifs is 1. The van der Waals surface area contributed by atoms with Crippen LogP contribution < -0.4 is 16.0 Å². The Morgan fingerprint density at radius 1 is 0.922 bits per heavy atom. The van der Waals surface area contributed by atoms with E-state index in [2.05, 4.69) is 72.2 Å². The number of anilines is 1. The van der Waals surface area contributed by atoms with Gasteiger partial charge < -0.3 is 30.9 Å². The van der Waals surface area contributed by atoms with Gasteiger partial charge in [-0.05, 0) is 30.0 Å². The molecule has 0 spiro atoms. The van der Waals surface area contributed by atoms with Gasteiger partial charge in [0.25, 0.3) is 11.8 Å². The molecule has 0 radical (unpaired) electrons.